The van der Waals surface area contributed by atoms with Gasteiger partial charge in [-0.3, -0.25) is 9.59 Å². The number of amides is 2. The van der Waals surface area contributed by atoms with E-state index < -0.39 is 12.2 Å². The average molecular weight is 987 g/mol. The van der Waals surface area contributed by atoms with E-state index in [9.17, 15) is 19.8 Å². The minimum absolute atomic E-state index is 0.0307. The molecule has 6 aliphatic rings. The van der Waals surface area contributed by atoms with Crippen LogP contribution in [0.25, 0.3) is 0 Å². The third kappa shape index (κ3) is 13.0. The highest BCUT2D eigenvalue weighted by Gasteiger charge is 2.48. The summed E-state index contributed by atoms with van der Waals surface area (Å²) >= 11 is 0. The molecule has 0 radical (unpaired) electrons. The molecule has 8 atom stereocenters. The largest absolute Gasteiger partial charge is 0.471 e. The maximum absolute atomic E-state index is 11.9. The van der Waals surface area contributed by atoms with Crippen LogP contribution in [0.3, 0.4) is 0 Å². The molecule has 14 heteroatoms. The van der Waals surface area contributed by atoms with Gasteiger partial charge in [-0.05, 0) is 125 Å². The van der Waals surface area contributed by atoms with Gasteiger partial charge in [0.2, 0.25) is 23.6 Å². The second kappa shape index (κ2) is 22.7. The maximum Gasteiger partial charge on any atom is 0.218 e. The first kappa shape index (κ1) is 51.9. The Hall–Kier alpha value is -4.96. The number of nitrogens with one attached hydrogen (secondary N) is 4. The zero-order valence-electron chi connectivity index (χ0n) is 42.9. The first-order valence-corrected chi connectivity index (χ1v) is 26.7. The second-order valence-electron chi connectivity index (χ2n) is 22.4. The molecule has 2 aliphatic carbocycles. The monoisotopic (exact) mass is 987 g/mol. The Morgan fingerprint density at radius 1 is 0.597 bits per heavy atom. The Kier molecular flexibility index (Phi) is 16.3. The summed E-state index contributed by atoms with van der Waals surface area (Å²) in [6, 6.07) is 23.6. The van der Waals surface area contributed by atoms with Gasteiger partial charge in [-0.15, -0.1) is 0 Å². The van der Waals surface area contributed by atoms with Gasteiger partial charge in [0, 0.05) is 101 Å². The van der Waals surface area contributed by atoms with Crippen molar-refractivity contribution < 1.29 is 38.7 Å². The van der Waals surface area contributed by atoms with E-state index in [1.54, 1.807) is 0 Å². The van der Waals surface area contributed by atoms with E-state index in [0.29, 0.717) is 37.7 Å². The minimum Gasteiger partial charge on any atom is -0.471 e. The van der Waals surface area contributed by atoms with Crippen molar-refractivity contribution in [3.05, 3.63) is 119 Å². The lowest BCUT2D eigenvalue weighted by atomic mass is 9.73. The number of hydrogen-bond donors (Lipinski definition) is 6. The predicted molar refractivity (Wildman–Crippen MR) is 276 cm³/mol. The number of nitrogens with zero attached hydrogens (tertiary/aromatic N) is 2. The molecule has 4 fully saturated rings. The van der Waals surface area contributed by atoms with Crippen LogP contribution in [0, 0.1) is 0 Å². The number of hydrogen-bond acceptors (Lipinski definition) is 12. The van der Waals surface area contributed by atoms with Gasteiger partial charge in [0.25, 0.3) is 0 Å². The number of pyridine rings is 2. The smallest absolute Gasteiger partial charge is 0.218 e. The number of fused-ring (bicyclic) bond motifs is 2. The Balaban J connectivity index is 0.000000178. The van der Waals surface area contributed by atoms with Crippen LogP contribution in [0.4, 0.5) is 0 Å². The van der Waals surface area contributed by atoms with Crippen LogP contribution < -0.4 is 30.7 Å². The summed E-state index contributed by atoms with van der Waals surface area (Å²) in [5.74, 6) is 1.13. The van der Waals surface area contributed by atoms with Gasteiger partial charge in [-0.1, -0.05) is 60.7 Å². The highest BCUT2D eigenvalue weighted by molar-refractivity contribution is 5.73. The second-order valence-corrected chi connectivity index (χ2v) is 22.4. The summed E-state index contributed by atoms with van der Waals surface area (Å²) in [5, 5.41) is 35.4. The van der Waals surface area contributed by atoms with Gasteiger partial charge in [-0.2, -0.15) is 0 Å². The van der Waals surface area contributed by atoms with Crippen molar-refractivity contribution in [2.45, 2.75) is 189 Å². The first-order valence-electron chi connectivity index (χ1n) is 26.7. The van der Waals surface area contributed by atoms with Gasteiger partial charge in [-0.25, -0.2) is 9.97 Å². The fourth-order valence-corrected chi connectivity index (χ4v) is 11.9. The zero-order valence-corrected chi connectivity index (χ0v) is 42.9. The fraction of sp³-hybridized carbons (Fsp3) is 0.586. The third-order valence-corrected chi connectivity index (χ3v) is 16.1. The van der Waals surface area contributed by atoms with Crippen LogP contribution in [-0.2, 0) is 44.7 Å². The van der Waals surface area contributed by atoms with E-state index in [4.69, 9.17) is 28.9 Å². The van der Waals surface area contributed by atoms with Gasteiger partial charge in [0.15, 0.2) is 0 Å². The molecule has 14 nitrogen and oxygen atoms in total. The third-order valence-electron chi connectivity index (χ3n) is 16.1. The van der Waals surface area contributed by atoms with Crippen molar-refractivity contribution in [2.75, 3.05) is 26.3 Å². The molecule has 2 amide bonds. The van der Waals surface area contributed by atoms with Crippen molar-refractivity contribution >= 4 is 11.8 Å². The summed E-state index contributed by atoms with van der Waals surface area (Å²) in [6.07, 6.45) is 17.7. The topological polar surface area (TPSA) is 185 Å². The highest BCUT2D eigenvalue weighted by Crippen LogP contribution is 2.50. The van der Waals surface area contributed by atoms with Gasteiger partial charge < -0.3 is 50.4 Å². The minimum atomic E-state index is -0.736. The van der Waals surface area contributed by atoms with Gasteiger partial charge in [0.05, 0.1) is 35.5 Å². The molecule has 10 rings (SSSR count). The Bertz CT molecular complexity index is 2270. The van der Waals surface area contributed by atoms with Crippen molar-refractivity contribution in [3.63, 3.8) is 0 Å². The molecule has 6 N–H and O–H groups in total. The van der Waals surface area contributed by atoms with E-state index in [1.165, 1.54) is 26.7 Å². The average Bonchev–Trinajstić information content (AvgIpc) is 3.98. The molecule has 6 heterocycles. The first-order chi connectivity index (χ1) is 34.7. The molecule has 2 saturated heterocycles. The molecule has 72 heavy (non-hydrogen) atoms. The standard InChI is InChI=1S/2C29H39N3O4/c2*1-20(33)32-24(15-21-8-4-3-5-9-21)26(34)19-30-25-17-29(11-6-12-29)36-27-23(25)14-22(18-31-27)16-28(2)10-7-13-35-28/h2*3-5,8-9,14,18,24-26,30,34H,6-7,10-13,15-17,19H2,1-2H3,(H,32,33)/t24-,25-,26+,28+;24-,25-,26+,28-/m00/s1. The van der Waals surface area contributed by atoms with E-state index in [-0.39, 0.29) is 58.4 Å². The summed E-state index contributed by atoms with van der Waals surface area (Å²) in [4.78, 5) is 33.2. The Morgan fingerprint density at radius 2 is 1.00 bits per heavy atom. The summed E-state index contributed by atoms with van der Waals surface area (Å²) in [7, 11) is 0. The summed E-state index contributed by atoms with van der Waals surface area (Å²) in [5.41, 5.74) is 5.98. The highest BCUT2D eigenvalue weighted by atomic mass is 16.5. The molecular weight excluding hydrogens is 909 g/mol. The van der Waals surface area contributed by atoms with Crippen LogP contribution in [0.15, 0.2) is 85.2 Å². The number of carbonyl (C=O) groups excluding carboxylic acids is 2. The van der Waals surface area contributed by atoms with Crippen LogP contribution >= 0.6 is 0 Å². The summed E-state index contributed by atoms with van der Waals surface area (Å²) in [6.45, 7) is 9.72. The zero-order chi connectivity index (χ0) is 50.4. The lowest BCUT2D eigenvalue weighted by molar-refractivity contribution is -0.121. The van der Waals surface area contributed by atoms with Crippen LogP contribution in [-0.4, -0.2) is 105 Å². The van der Waals surface area contributed by atoms with Crippen molar-refractivity contribution in [2.24, 2.45) is 0 Å². The predicted octanol–water partition coefficient (Wildman–Crippen LogP) is 7.27. The van der Waals surface area contributed by atoms with Crippen molar-refractivity contribution in [1.29, 1.82) is 0 Å². The molecule has 388 valence electrons. The van der Waals surface area contributed by atoms with Crippen LogP contribution in [0.5, 0.6) is 11.8 Å². The Labute approximate surface area is 426 Å². The van der Waals surface area contributed by atoms with Crippen molar-refractivity contribution in [1.82, 2.24) is 31.2 Å². The molecule has 0 bridgehead atoms. The molecule has 2 aromatic heterocycles. The number of aromatic nitrogens is 2. The van der Waals surface area contributed by atoms with Crippen molar-refractivity contribution in [3.8, 4) is 11.8 Å². The lowest BCUT2D eigenvalue weighted by Gasteiger charge is -2.47. The number of rotatable bonds is 18. The number of benzene rings is 2. The molecule has 2 saturated carbocycles. The maximum atomic E-state index is 11.9. The van der Waals surface area contributed by atoms with Gasteiger partial charge in [0.1, 0.15) is 11.2 Å². The Morgan fingerprint density at radius 3 is 1.33 bits per heavy atom. The van der Waals surface area contributed by atoms with E-state index >= 15 is 0 Å². The molecule has 4 aromatic rings. The fourth-order valence-electron chi connectivity index (χ4n) is 11.9. The lowest BCUT2D eigenvalue weighted by Crippen LogP contribution is -2.52. The molecule has 0 unspecified atom stereocenters. The number of carbonyl (C=O) groups is 2. The van der Waals surface area contributed by atoms with Crippen LogP contribution in [0.1, 0.15) is 150 Å². The number of aliphatic hydroxyl groups is 2. The molecule has 2 spiro atoms. The molecular formula is C58H78N6O8. The van der Waals surface area contributed by atoms with Crippen LogP contribution in [0.2, 0.25) is 0 Å². The summed E-state index contributed by atoms with van der Waals surface area (Å²) < 4.78 is 24.9. The SMILES string of the molecule is CC(=O)N[C@@H](Cc1ccccc1)[C@H](O)CN[C@H]1CC2(CCC2)Oc2ncc(C[C@@]3(C)CCCO3)cc21.CC(=O)N[C@@H](Cc1ccccc1)[C@H](O)CN[C@H]1CC2(CCC2)Oc2ncc(C[C@]3(C)CCCO3)cc21. The van der Waals surface area contributed by atoms with E-state index in [0.717, 1.165) is 124 Å². The molecule has 4 aliphatic heterocycles. The number of aliphatic hydroxyl groups excluding tert-OH is 2. The van der Waals surface area contributed by atoms with Gasteiger partial charge >= 0.3 is 0 Å². The number of ether oxygens (including phenoxy) is 4. The quantitative estimate of drug-likeness (QED) is 0.0587. The van der Waals surface area contributed by atoms with E-state index in [1.807, 2.05) is 73.1 Å². The normalized spacial score (nSPS) is 25.9. The van der Waals surface area contributed by atoms with E-state index in [2.05, 4.69) is 47.2 Å². The molecule has 2 aromatic carbocycles.